The number of para-hydroxylation sites is 1. The van der Waals surface area contributed by atoms with Gasteiger partial charge in [-0.25, -0.2) is 4.98 Å². The zero-order valence-corrected chi connectivity index (χ0v) is 15.4. The monoisotopic (exact) mass is 362 g/mol. The Morgan fingerprint density at radius 3 is 2.35 bits per heavy atom. The highest BCUT2D eigenvalue weighted by atomic mass is 35.5. The van der Waals surface area contributed by atoms with E-state index in [9.17, 15) is 0 Å². The molecule has 0 saturated heterocycles. The maximum atomic E-state index is 6.22. The number of anilines is 2. The minimum atomic E-state index is 0.582. The van der Waals surface area contributed by atoms with Gasteiger partial charge >= 0.3 is 0 Å². The van der Waals surface area contributed by atoms with Gasteiger partial charge in [0.1, 0.15) is 0 Å². The lowest BCUT2D eigenvalue weighted by atomic mass is 10.0. The highest BCUT2D eigenvalue weighted by Crippen LogP contribution is 2.37. The molecule has 1 N–H and O–H groups in total. The Bertz CT molecular complexity index is 851. The van der Waals surface area contributed by atoms with Crippen LogP contribution in [-0.4, -0.2) is 4.98 Å². The maximum absolute atomic E-state index is 6.22. The van der Waals surface area contributed by atoms with E-state index in [-0.39, 0.29) is 0 Å². The van der Waals surface area contributed by atoms with E-state index in [1.54, 1.807) is 23.5 Å². The topological polar surface area (TPSA) is 24.9 Å². The van der Waals surface area contributed by atoms with Crippen LogP contribution in [0.25, 0.3) is 11.3 Å². The minimum Gasteiger partial charge on any atom is -0.329 e. The molecule has 0 atom stereocenters. The van der Waals surface area contributed by atoms with E-state index in [1.165, 1.54) is 11.1 Å². The molecule has 1 aromatic heterocycles. The van der Waals surface area contributed by atoms with E-state index in [0.717, 1.165) is 21.3 Å². The van der Waals surface area contributed by atoms with E-state index >= 15 is 0 Å². The van der Waals surface area contributed by atoms with Gasteiger partial charge in [-0.15, -0.1) is 11.3 Å². The molecule has 0 aliphatic heterocycles. The molecule has 23 heavy (non-hydrogen) atoms. The number of rotatable bonds is 3. The fourth-order valence-corrected chi connectivity index (χ4v) is 3.83. The third-order valence-corrected chi connectivity index (χ3v) is 5.14. The second-order valence-electron chi connectivity index (χ2n) is 5.46. The molecule has 0 unspecified atom stereocenters. The Hall–Kier alpha value is -1.55. The summed E-state index contributed by atoms with van der Waals surface area (Å²) < 4.78 is 0. The molecule has 2 nitrogen and oxygen atoms in total. The van der Waals surface area contributed by atoms with E-state index in [1.807, 2.05) is 6.07 Å². The van der Waals surface area contributed by atoms with E-state index in [2.05, 4.69) is 44.3 Å². The lowest BCUT2D eigenvalue weighted by molar-refractivity contribution is 1.31. The summed E-state index contributed by atoms with van der Waals surface area (Å²) in [6, 6.07) is 11.8. The van der Waals surface area contributed by atoms with Gasteiger partial charge in [0, 0.05) is 10.4 Å². The summed E-state index contributed by atoms with van der Waals surface area (Å²) in [5.41, 5.74) is 5.32. The molecular weight excluding hydrogens is 347 g/mol. The van der Waals surface area contributed by atoms with Gasteiger partial charge in [0.2, 0.25) is 0 Å². The van der Waals surface area contributed by atoms with Crippen LogP contribution in [-0.2, 0) is 0 Å². The standard InChI is InChI=1S/C18H16Cl2N2S/c1-10-7-8-13(11(2)9-10)16-12(3)23-18(21-16)22-17-14(19)5-4-6-15(17)20/h4-9H,1-3H3,(H,21,22). The first kappa shape index (κ1) is 16.3. The zero-order chi connectivity index (χ0) is 16.6. The van der Waals surface area contributed by atoms with Gasteiger partial charge in [-0.1, -0.05) is 53.0 Å². The molecule has 0 radical (unpaired) electrons. The molecule has 118 valence electrons. The van der Waals surface area contributed by atoms with Crippen LogP contribution in [0.5, 0.6) is 0 Å². The zero-order valence-electron chi connectivity index (χ0n) is 13.1. The number of nitrogens with one attached hydrogen (secondary N) is 1. The van der Waals surface area contributed by atoms with Crippen LogP contribution in [0.3, 0.4) is 0 Å². The van der Waals surface area contributed by atoms with E-state index in [0.29, 0.717) is 15.7 Å². The van der Waals surface area contributed by atoms with Crippen molar-refractivity contribution in [3.05, 3.63) is 62.4 Å². The third-order valence-electron chi connectivity index (χ3n) is 3.63. The summed E-state index contributed by atoms with van der Waals surface area (Å²) in [4.78, 5) is 5.89. The number of aromatic nitrogens is 1. The molecule has 3 rings (SSSR count). The lowest BCUT2D eigenvalue weighted by Crippen LogP contribution is -1.92. The quantitative estimate of drug-likeness (QED) is 0.554. The van der Waals surface area contributed by atoms with Crippen LogP contribution < -0.4 is 5.32 Å². The summed E-state index contributed by atoms with van der Waals surface area (Å²) in [5, 5.41) is 5.19. The number of halogens is 2. The average Bonchev–Trinajstić information content (AvgIpc) is 2.84. The molecule has 0 bridgehead atoms. The average molecular weight is 363 g/mol. The van der Waals surface area contributed by atoms with Gasteiger partial charge in [-0.3, -0.25) is 0 Å². The van der Waals surface area contributed by atoms with Crippen molar-refractivity contribution in [2.45, 2.75) is 20.8 Å². The Labute approximate surface area is 150 Å². The number of hydrogen-bond acceptors (Lipinski definition) is 3. The molecule has 0 amide bonds. The number of hydrogen-bond donors (Lipinski definition) is 1. The van der Waals surface area contributed by atoms with Gasteiger partial charge in [0.05, 0.1) is 21.4 Å². The van der Waals surface area contributed by atoms with Crippen molar-refractivity contribution in [2.75, 3.05) is 5.32 Å². The molecule has 5 heteroatoms. The van der Waals surface area contributed by atoms with Crippen molar-refractivity contribution in [1.82, 2.24) is 4.98 Å². The molecular formula is C18H16Cl2N2S. The second-order valence-corrected chi connectivity index (χ2v) is 7.48. The summed E-state index contributed by atoms with van der Waals surface area (Å²) >= 11 is 14.0. The molecule has 1 heterocycles. The van der Waals surface area contributed by atoms with Crippen LogP contribution in [0.15, 0.2) is 36.4 Å². The molecule has 0 saturated carbocycles. The normalized spacial score (nSPS) is 10.8. The van der Waals surface area contributed by atoms with Crippen LogP contribution >= 0.6 is 34.5 Å². The van der Waals surface area contributed by atoms with Crippen LogP contribution in [0.1, 0.15) is 16.0 Å². The van der Waals surface area contributed by atoms with Gasteiger partial charge in [0.15, 0.2) is 5.13 Å². The molecule has 3 aromatic rings. The van der Waals surface area contributed by atoms with Crippen molar-refractivity contribution in [2.24, 2.45) is 0 Å². The molecule has 0 fully saturated rings. The van der Waals surface area contributed by atoms with Gasteiger partial charge in [-0.2, -0.15) is 0 Å². The third kappa shape index (κ3) is 3.37. The van der Waals surface area contributed by atoms with Gasteiger partial charge < -0.3 is 5.32 Å². The molecule has 0 aliphatic carbocycles. The lowest BCUT2D eigenvalue weighted by Gasteiger charge is -2.07. The summed E-state index contributed by atoms with van der Waals surface area (Å²) in [5.74, 6) is 0. The molecule has 0 aliphatic rings. The summed E-state index contributed by atoms with van der Waals surface area (Å²) in [6.07, 6.45) is 0. The molecule has 2 aromatic carbocycles. The smallest absolute Gasteiger partial charge is 0.188 e. The van der Waals surface area contributed by atoms with Crippen LogP contribution in [0.2, 0.25) is 10.0 Å². The Kier molecular flexibility index (Phi) is 4.62. The second kappa shape index (κ2) is 6.52. The fourth-order valence-electron chi connectivity index (χ4n) is 2.50. The maximum Gasteiger partial charge on any atom is 0.188 e. The highest BCUT2D eigenvalue weighted by Gasteiger charge is 2.14. The first-order chi connectivity index (χ1) is 11.0. The van der Waals surface area contributed by atoms with E-state index in [4.69, 9.17) is 28.2 Å². The summed E-state index contributed by atoms with van der Waals surface area (Å²) in [6.45, 7) is 6.28. The Morgan fingerprint density at radius 1 is 1.00 bits per heavy atom. The first-order valence-corrected chi connectivity index (χ1v) is 8.79. The number of benzene rings is 2. The largest absolute Gasteiger partial charge is 0.329 e. The highest BCUT2D eigenvalue weighted by molar-refractivity contribution is 7.16. The fraction of sp³-hybridized carbons (Fsp3) is 0.167. The van der Waals surface area contributed by atoms with E-state index < -0.39 is 0 Å². The minimum absolute atomic E-state index is 0.582. The van der Waals surface area contributed by atoms with Crippen molar-refractivity contribution in [1.29, 1.82) is 0 Å². The SMILES string of the molecule is Cc1ccc(-c2nc(Nc3c(Cl)cccc3Cl)sc2C)c(C)c1. The Balaban J connectivity index is 1.98. The van der Waals surface area contributed by atoms with Gasteiger partial charge in [-0.05, 0) is 38.5 Å². The predicted octanol–water partition coefficient (Wildman–Crippen LogP) is 6.79. The molecule has 0 spiro atoms. The number of thiazole rings is 1. The van der Waals surface area contributed by atoms with Crippen molar-refractivity contribution in [3.63, 3.8) is 0 Å². The van der Waals surface area contributed by atoms with Crippen molar-refractivity contribution < 1.29 is 0 Å². The van der Waals surface area contributed by atoms with Crippen molar-refractivity contribution >= 4 is 45.4 Å². The predicted molar refractivity (Wildman–Crippen MR) is 102 cm³/mol. The summed E-state index contributed by atoms with van der Waals surface area (Å²) in [7, 11) is 0. The van der Waals surface area contributed by atoms with Gasteiger partial charge in [0.25, 0.3) is 0 Å². The first-order valence-electron chi connectivity index (χ1n) is 7.22. The van der Waals surface area contributed by atoms with Crippen molar-refractivity contribution in [3.8, 4) is 11.3 Å². The number of nitrogens with zero attached hydrogens (tertiary/aromatic N) is 1. The number of aryl methyl sites for hydroxylation is 3. The van der Waals surface area contributed by atoms with Crippen LogP contribution in [0, 0.1) is 20.8 Å². The van der Waals surface area contributed by atoms with Crippen LogP contribution in [0.4, 0.5) is 10.8 Å². The Morgan fingerprint density at radius 2 is 1.70 bits per heavy atom.